The highest BCUT2D eigenvalue weighted by atomic mass is 16.5. The fourth-order valence-electron chi connectivity index (χ4n) is 1.23. The summed E-state index contributed by atoms with van der Waals surface area (Å²) in [5.74, 6) is 0.732. The van der Waals surface area contributed by atoms with Crippen molar-refractivity contribution in [1.29, 1.82) is 0 Å². The zero-order valence-electron chi connectivity index (χ0n) is 10.1. The molecule has 1 amide bonds. The van der Waals surface area contributed by atoms with Crippen molar-refractivity contribution >= 4 is 5.91 Å². The van der Waals surface area contributed by atoms with E-state index < -0.39 is 0 Å². The summed E-state index contributed by atoms with van der Waals surface area (Å²) in [6.45, 7) is 3.92. The number of aliphatic hydroxyl groups excluding tert-OH is 1. The Labute approximate surface area is 99.9 Å². The molecule has 0 radical (unpaired) electrons. The van der Waals surface area contributed by atoms with Gasteiger partial charge in [-0.05, 0) is 31.8 Å². The van der Waals surface area contributed by atoms with E-state index in [1.807, 2.05) is 0 Å². The monoisotopic (exact) mass is 242 g/mol. The standard InChI is InChI=1S/C11H18N2O4/c1-8(14)4-3-5-12-10(15)7-16-11-6-9(2)17-13-11/h6,8,14H,3-5,7H2,1-2H3,(H,12,15). The van der Waals surface area contributed by atoms with E-state index in [0.717, 1.165) is 6.42 Å². The Morgan fingerprint density at radius 3 is 3.06 bits per heavy atom. The number of rotatable bonds is 7. The van der Waals surface area contributed by atoms with Crippen molar-refractivity contribution in [3.8, 4) is 5.88 Å². The van der Waals surface area contributed by atoms with Crippen LogP contribution in [0, 0.1) is 6.92 Å². The first-order valence-corrected chi connectivity index (χ1v) is 5.59. The summed E-state index contributed by atoms with van der Waals surface area (Å²) in [6.07, 6.45) is 1.08. The lowest BCUT2D eigenvalue weighted by Gasteiger charge is -2.06. The molecular formula is C11H18N2O4. The van der Waals surface area contributed by atoms with Crippen molar-refractivity contribution in [2.75, 3.05) is 13.2 Å². The maximum atomic E-state index is 11.3. The Hall–Kier alpha value is -1.56. The predicted octanol–water partition coefficient (Wildman–Crippen LogP) is 0.639. The Bertz CT molecular complexity index is 349. The molecule has 0 fully saturated rings. The Morgan fingerprint density at radius 2 is 2.47 bits per heavy atom. The number of carbonyl (C=O) groups excluding carboxylic acids is 1. The fraction of sp³-hybridized carbons (Fsp3) is 0.636. The third-order valence-electron chi connectivity index (χ3n) is 2.08. The summed E-state index contributed by atoms with van der Waals surface area (Å²) in [7, 11) is 0. The molecule has 96 valence electrons. The summed E-state index contributed by atoms with van der Waals surface area (Å²) in [5.41, 5.74) is 0. The number of carbonyl (C=O) groups is 1. The lowest BCUT2D eigenvalue weighted by Crippen LogP contribution is -2.30. The van der Waals surface area contributed by atoms with E-state index >= 15 is 0 Å². The molecule has 17 heavy (non-hydrogen) atoms. The van der Waals surface area contributed by atoms with Gasteiger partial charge in [0, 0.05) is 12.6 Å². The van der Waals surface area contributed by atoms with E-state index in [9.17, 15) is 4.79 Å². The van der Waals surface area contributed by atoms with Crippen LogP contribution in [0.15, 0.2) is 10.6 Å². The molecule has 2 N–H and O–H groups in total. The number of hydrogen-bond acceptors (Lipinski definition) is 5. The molecule has 1 atom stereocenters. The summed E-state index contributed by atoms with van der Waals surface area (Å²) in [4.78, 5) is 11.3. The lowest BCUT2D eigenvalue weighted by atomic mass is 10.2. The first kappa shape index (κ1) is 13.5. The first-order chi connectivity index (χ1) is 8.08. The average molecular weight is 242 g/mol. The van der Waals surface area contributed by atoms with Gasteiger partial charge in [0.2, 0.25) is 0 Å². The molecule has 1 rings (SSSR count). The largest absolute Gasteiger partial charge is 0.465 e. The van der Waals surface area contributed by atoms with Crippen LogP contribution in [0.5, 0.6) is 5.88 Å². The molecule has 0 aromatic carbocycles. The molecule has 6 nitrogen and oxygen atoms in total. The van der Waals surface area contributed by atoms with Crippen molar-refractivity contribution in [2.45, 2.75) is 32.8 Å². The summed E-state index contributed by atoms with van der Waals surface area (Å²) in [6, 6.07) is 1.61. The van der Waals surface area contributed by atoms with Crippen LogP contribution in [0.3, 0.4) is 0 Å². The number of hydrogen-bond donors (Lipinski definition) is 2. The topological polar surface area (TPSA) is 84.6 Å². The van der Waals surface area contributed by atoms with Crippen LogP contribution in [0.2, 0.25) is 0 Å². The molecule has 1 aromatic heterocycles. The number of aromatic nitrogens is 1. The van der Waals surface area contributed by atoms with Gasteiger partial charge in [0.15, 0.2) is 6.61 Å². The molecule has 0 aliphatic carbocycles. The molecule has 0 aliphatic rings. The van der Waals surface area contributed by atoms with E-state index in [1.165, 1.54) is 0 Å². The van der Waals surface area contributed by atoms with Crippen LogP contribution in [0.25, 0.3) is 0 Å². The summed E-state index contributed by atoms with van der Waals surface area (Å²) in [5, 5.41) is 15.3. The zero-order valence-corrected chi connectivity index (χ0v) is 10.1. The van der Waals surface area contributed by atoms with Gasteiger partial charge in [-0.3, -0.25) is 4.79 Å². The van der Waals surface area contributed by atoms with Crippen LogP contribution < -0.4 is 10.1 Å². The highest BCUT2D eigenvalue weighted by molar-refractivity contribution is 5.77. The predicted molar refractivity (Wildman–Crippen MR) is 60.7 cm³/mol. The molecule has 1 aromatic rings. The van der Waals surface area contributed by atoms with Gasteiger partial charge in [-0.15, -0.1) is 0 Å². The minimum Gasteiger partial charge on any atom is -0.465 e. The highest BCUT2D eigenvalue weighted by Gasteiger charge is 2.05. The van der Waals surface area contributed by atoms with Crippen molar-refractivity contribution < 1.29 is 19.2 Å². The minimum atomic E-state index is -0.332. The van der Waals surface area contributed by atoms with E-state index in [1.54, 1.807) is 19.9 Å². The van der Waals surface area contributed by atoms with Crippen molar-refractivity contribution in [3.05, 3.63) is 11.8 Å². The molecule has 1 unspecified atom stereocenters. The van der Waals surface area contributed by atoms with Gasteiger partial charge >= 0.3 is 0 Å². The lowest BCUT2D eigenvalue weighted by molar-refractivity contribution is -0.123. The Morgan fingerprint density at radius 1 is 1.71 bits per heavy atom. The number of amides is 1. The molecule has 0 bridgehead atoms. The van der Waals surface area contributed by atoms with Gasteiger partial charge in [-0.1, -0.05) is 0 Å². The highest BCUT2D eigenvalue weighted by Crippen LogP contribution is 2.09. The average Bonchev–Trinajstić information content (AvgIpc) is 2.67. The number of aryl methyl sites for hydroxylation is 1. The molecule has 1 heterocycles. The van der Waals surface area contributed by atoms with Crippen molar-refractivity contribution in [3.63, 3.8) is 0 Å². The van der Waals surface area contributed by atoms with E-state index in [0.29, 0.717) is 24.6 Å². The maximum absolute atomic E-state index is 11.3. The van der Waals surface area contributed by atoms with Crippen molar-refractivity contribution in [2.24, 2.45) is 0 Å². The second kappa shape index (κ2) is 6.90. The van der Waals surface area contributed by atoms with Crippen LogP contribution in [0.1, 0.15) is 25.5 Å². The van der Waals surface area contributed by atoms with Gasteiger partial charge in [0.25, 0.3) is 11.8 Å². The van der Waals surface area contributed by atoms with Crippen LogP contribution >= 0.6 is 0 Å². The van der Waals surface area contributed by atoms with Gasteiger partial charge in [0.05, 0.1) is 6.10 Å². The van der Waals surface area contributed by atoms with E-state index in [-0.39, 0.29) is 18.6 Å². The molecule has 0 saturated heterocycles. The molecule has 0 saturated carbocycles. The number of nitrogens with zero attached hydrogens (tertiary/aromatic N) is 1. The smallest absolute Gasteiger partial charge is 0.258 e. The summed E-state index contributed by atoms with van der Waals surface area (Å²) >= 11 is 0. The first-order valence-electron chi connectivity index (χ1n) is 5.59. The third-order valence-corrected chi connectivity index (χ3v) is 2.08. The van der Waals surface area contributed by atoms with Crippen molar-refractivity contribution in [1.82, 2.24) is 10.5 Å². The zero-order chi connectivity index (χ0) is 12.7. The fourth-order valence-corrected chi connectivity index (χ4v) is 1.23. The van der Waals surface area contributed by atoms with Crippen LogP contribution in [-0.2, 0) is 4.79 Å². The van der Waals surface area contributed by atoms with E-state index in [2.05, 4.69) is 10.5 Å². The molecule has 6 heteroatoms. The van der Waals surface area contributed by atoms with E-state index in [4.69, 9.17) is 14.4 Å². The Balaban J connectivity index is 2.09. The number of nitrogens with one attached hydrogen (secondary N) is 1. The molecular weight excluding hydrogens is 224 g/mol. The quantitative estimate of drug-likeness (QED) is 0.685. The van der Waals surface area contributed by atoms with Gasteiger partial charge in [0.1, 0.15) is 5.76 Å². The Kier molecular flexibility index (Phi) is 5.48. The molecule has 0 spiro atoms. The minimum absolute atomic E-state index is 0.0827. The second-order valence-electron chi connectivity index (χ2n) is 3.91. The second-order valence-corrected chi connectivity index (χ2v) is 3.91. The number of ether oxygens (including phenoxy) is 1. The van der Waals surface area contributed by atoms with Gasteiger partial charge < -0.3 is 19.7 Å². The normalized spacial score (nSPS) is 12.2. The maximum Gasteiger partial charge on any atom is 0.258 e. The van der Waals surface area contributed by atoms with Gasteiger partial charge in [-0.25, -0.2) is 0 Å². The SMILES string of the molecule is Cc1cc(OCC(=O)NCCCC(C)O)no1. The number of aliphatic hydroxyl groups is 1. The molecule has 0 aliphatic heterocycles. The summed E-state index contributed by atoms with van der Waals surface area (Å²) < 4.78 is 9.89. The van der Waals surface area contributed by atoms with Crippen LogP contribution in [-0.4, -0.2) is 35.4 Å². The van der Waals surface area contributed by atoms with Crippen LogP contribution in [0.4, 0.5) is 0 Å². The van der Waals surface area contributed by atoms with Gasteiger partial charge in [-0.2, -0.15) is 0 Å². The third kappa shape index (κ3) is 5.91.